The van der Waals surface area contributed by atoms with Crippen molar-refractivity contribution in [2.75, 3.05) is 11.9 Å². The van der Waals surface area contributed by atoms with Crippen LogP contribution in [-0.2, 0) is 14.3 Å². The molecule has 2 aromatic carbocycles. The highest BCUT2D eigenvalue weighted by Crippen LogP contribution is 2.26. The summed E-state index contributed by atoms with van der Waals surface area (Å²) in [6, 6.07) is 15.4. The fraction of sp³-hybridized carbons (Fsp3) is 0.292. The van der Waals surface area contributed by atoms with Gasteiger partial charge in [-0.25, -0.2) is 9.59 Å². The zero-order chi connectivity index (χ0) is 22.4. The van der Waals surface area contributed by atoms with Crippen LogP contribution in [0.5, 0.6) is 5.75 Å². The average molecular weight is 423 g/mol. The van der Waals surface area contributed by atoms with E-state index in [-0.39, 0.29) is 12.5 Å². The molecule has 1 aromatic heterocycles. The topological polar surface area (TPSA) is 94.8 Å². The Morgan fingerprint density at radius 3 is 2.58 bits per heavy atom. The summed E-state index contributed by atoms with van der Waals surface area (Å²) >= 11 is 0. The van der Waals surface area contributed by atoms with Gasteiger partial charge in [-0.3, -0.25) is 4.79 Å². The molecule has 0 saturated carbocycles. The Balaban J connectivity index is 1.56. The van der Waals surface area contributed by atoms with Crippen molar-refractivity contribution < 1.29 is 23.5 Å². The molecule has 7 heteroatoms. The summed E-state index contributed by atoms with van der Waals surface area (Å²) in [7, 11) is 0. The van der Waals surface area contributed by atoms with Gasteiger partial charge in [-0.15, -0.1) is 0 Å². The van der Waals surface area contributed by atoms with E-state index in [0.717, 1.165) is 17.4 Å². The molecule has 31 heavy (non-hydrogen) atoms. The van der Waals surface area contributed by atoms with E-state index in [2.05, 4.69) is 19.2 Å². The average Bonchev–Trinajstić information content (AvgIpc) is 2.77. The van der Waals surface area contributed by atoms with Crippen LogP contribution in [0.3, 0.4) is 0 Å². The number of benzene rings is 2. The number of hydrogen-bond acceptors (Lipinski definition) is 6. The summed E-state index contributed by atoms with van der Waals surface area (Å²) in [6.07, 6.45) is -0.0526. The zero-order valence-corrected chi connectivity index (χ0v) is 17.7. The minimum Gasteiger partial charge on any atom is -0.482 e. The molecule has 1 amide bonds. The molecule has 0 saturated heterocycles. The van der Waals surface area contributed by atoms with Crippen molar-refractivity contribution in [1.29, 1.82) is 0 Å². The Morgan fingerprint density at radius 2 is 1.81 bits per heavy atom. The molecular weight excluding hydrogens is 398 g/mol. The lowest BCUT2D eigenvalue weighted by molar-refractivity contribution is -0.155. The number of carbonyl (C=O) groups is 2. The number of carbonyl (C=O) groups excluding carboxylic acids is 2. The second-order valence-electron chi connectivity index (χ2n) is 7.26. The van der Waals surface area contributed by atoms with Crippen molar-refractivity contribution in [2.45, 2.75) is 39.2 Å². The summed E-state index contributed by atoms with van der Waals surface area (Å²) in [5.41, 5.74) is 1.62. The van der Waals surface area contributed by atoms with Crippen LogP contribution in [0, 0.1) is 0 Å². The van der Waals surface area contributed by atoms with E-state index in [1.54, 1.807) is 18.2 Å². The van der Waals surface area contributed by atoms with Crippen LogP contribution in [-0.4, -0.2) is 24.6 Å². The Hall–Kier alpha value is -3.61. The SMILES string of the molecule is CCC(C)c1ccccc1NC(=O)C(C)OC(=O)COc1ccc2ccc(=O)oc2c1. The number of anilines is 1. The highest BCUT2D eigenvalue weighted by molar-refractivity contribution is 5.95. The van der Waals surface area contributed by atoms with Crippen LogP contribution in [0.1, 0.15) is 38.7 Å². The lowest BCUT2D eigenvalue weighted by Gasteiger charge is -2.18. The number of nitrogens with one attached hydrogen (secondary N) is 1. The van der Waals surface area contributed by atoms with Crippen molar-refractivity contribution >= 4 is 28.5 Å². The van der Waals surface area contributed by atoms with Gasteiger partial charge in [-0.1, -0.05) is 32.0 Å². The quantitative estimate of drug-likeness (QED) is 0.430. The van der Waals surface area contributed by atoms with Crippen molar-refractivity contribution in [2.24, 2.45) is 0 Å². The van der Waals surface area contributed by atoms with E-state index < -0.39 is 23.6 Å². The minimum absolute atomic E-state index is 0.286. The number of hydrogen-bond donors (Lipinski definition) is 1. The molecule has 2 unspecified atom stereocenters. The number of fused-ring (bicyclic) bond motifs is 1. The van der Waals surface area contributed by atoms with Gasteiger partial charge in [-0.2, -0.15) is 0 Å². The zero-order valence-electron chi connectivity index (χ0n) is 17.7. The summed E-state index contributed by atoms with van der Waals surface area (Å²) in [5, 5.41) is 3.56. The number of amides is 1. The van der Waals surface area contributed by atoms with E-state index in [1.165, 1.54) is 19.1 Å². The van der Waals surface area contributed by atoms with Crippen molar-refractivity contribution in [3.63, 3.8) is 0 Å². The summed E-state index contributed by atoms with van der Waals surface area (Å²) in [6.45, 7) is 5.29. The third kappa shape index (κ3) is 5.72. The highest BCUT2D eigenvalue weighted by Gasteiger charge is 2.20. The third-order valence-corrected chi connectivity index (χ3v) is 4.99. The number of ether oxygens (including phenoxy) is 2. The molecule has 0 bridgehead atoms. The molecule has 3 rings (SSSR count). The second-order valence-corrected chi connectivity index (χ2v) is 7.26. The van der Waals surface area contributed by atoms with Crippen LogP contribution in [0.4, 0.5) is 5.69 Å². The molecule has 1 heterocycles. The predicted molar refractivity (Wildman–Crippen MR) is 117 cm³/mol. The smallest absolute Gasteiger partial charge is 0.344 e. The number of rotatable bonds is 8. The Morgan fingerprint density at radius 1 is 1.06 bits per heavy atom. The van der Waals surface area contributed by atoms with E-state index in [0.29, 0.717) is 17.0 Å². The molecule has 7 nitrogen and oxygen atoms in total. The molecule has 1 N–H and O–H groups in total. The minimum atomic E-state index is -0.990. The van der Waals surface area contributed by atoms with E-state index >= 15 is 0 Å². The first-order chi connectivity index (χ1) is 14.9. The maximum Gasteiger partial charge on any atom is 0.344 e. The fourth-order valence-electron chi connectivity index (χ4n) is 3.05. The second kappa shape index (κ2) is 9.93. The maximum absolute atomic E-state index is 12.5. The first-order valence-electron chi connectivity index (χ1n) is 10.1. The summed E-state index contributed by atoms with van der Waals surface area (Å²) < 4.78 is 15.7. The predicted octanol–water partition coefficient (Wildman–Crippen LogP) is 4.26. The van der Waals surface area contributed by atoms with Crippen LogP contribution in [0.25, 0.3) is 11.0 Å². The van der Waals surface area contributed by atoms with Gasteiger partial charge >= 0.3 is 11.6 Å². The lowest BCUT2D eigenvalue weighted by Crippen LogP contribution is -2.32. The lowest BCUT2D eigenvalue weighted by atomic mass is 9.97. The molecule has 0 aliphatic heterocycles. The van der Waals surface area contributed by atoms with Gasteiger partial charge in [0.1, 0.15) is 11.3 Å². The first-order valence-corrected chi connectivity index (χ1v) is 10.1. The summed E-state index contributed by atoms with van der Waals surface area (Å²) in [5.74, 6) is -0.475. The molecule has 0 aliphatic carbocycles. The molecule has 2 atom stereocenters. The number of esters is 1. The van der Waals surface area contributed by atoms with Gasteiger partial charge in [0.15, 0.2) is 12.7 Å². The van der Waals surface area contributed by atoms with Crippen molar-refractivity contribution in [1.82, 2.24) is 0 Å². The van der Waals surface area contributed by atoms with E-state index in [4.69, 9.17) is 13.9 Å². The third-order valence-electron chi connectivity index (χ3n) is 4.99. The normalized spacial score (nSPS) is 12.7. The number of para-hydroxylation sites is 1. The van der Waals surface area contributed by atoms with Crippen molar-refractivity contribution in [3.05, 3.63) is 70.6 Å². The molecule has 3 aromatic rings. The Labute approximate surface area is 180 Å². The van der Waals surface area contributed by atoms with Gasteiger partial charge in [0.25, 0.3) is 5.91 Å². The van der Waals surface area contributed by atoms with Crippen LogP contribution >= 0.6 is 0 Å². The van der Waals surface area contributed by atoms with Gasteiger partial charge < -0.3 is 19.2 Å². The maximum atomic E-state index is 12.5. The largest absolute Gasteiger partial charge is 0.482 e. The van der Waals surface area contributed by atoms with Gasteiger partial charge in [0.05, 0.1) is 0 Å². The monoisotopic (exact) mass is 423 g/mol. The Kier molecular flexibility index (Phi) is 7.07. The fourth-order valence-corrected chi connectivity index (χ4v) is 3.05. The van der Waals surface area contributed by atoms with Gasteiger partial charge in [0.2, 0.25) is 0 Å². The highest BCUT2D eigenvalue weighted by atomic mass is 16.6. The summed E-state index contributed by atoms with van der Waals surface area (Å²) in [4.78, 5) is 35.9. The molecule has 0 spiro atoms. The van der Waals surface area contributed by atoms with Gasteiger partial charge in [0, 0.05) is 23.2 Å². The van der Waals surface area contributed by atoms with E-state index in [1.807, 2.05) is 24.3 Å². The first kappa shape index (κ1) is 22.1. The molecular formula is C24H25NO6. The molecule has 0 aliphatic rings. The molecule has 0 fully saturated rings. The standard InChI is InChI=1S/C24H25NO6/c1-4-15(2)19-7-5-6-8-20(19)25-24(28)16(3)30-23(27)14-29-18-11-9-17-10-12-22(26)31-21(17)13-18/h5-13,15-16H,4,14H2,1-3H3,(H,25,28). The van der Waals surface area contributed by atoms with Crippen LogP contribution in [0.2, 0.25) is 0 Å². The van der Waals surface area contributed by atoms with Crippen LogP contribution in [0.15, 0.2) is 63.8 Å². The van der Waals surface area contributed by atoms with Gasteiger partial charge in [-0.05, 0) is 49.1 Å². The van der Waals surface area contributed by atoms with Crippen molar-refractivity contribution in [3.8, 4) is 5.75 Å². The van der Waals surface area contributed by atoms with Crippen LogP contribution < -0.4 is 15.7 Å². The van der Waals surface area contributed by atoms with E-state index in [9.17, 15) is 14.4 Å². The Bertz CT molecular complexity index is 1140. The molecule has 0 radical (unpaired) electrons. The molecule has 162 valence electrons.